The molecule has 2 heterocycles. The summed E-state index contributed by atoms with van der Waals surface area (Å²) in [5.41, 5.74) is 3.64. The van der Waals surface area contributed by atoms with Crippen molar-refractivity contribution in [2.24, 2.45) is 10.7 Å². The zero-order valence-electron chi connectivity index (χ0n) is 18.5. The molecule has 8 nitrogen and oxygen atoms in total. The number of carbonyl (C=O) groups is 1. The molecule has 0 radical (unpaired) electrons. The molecule has 2 aromatic rings. The van der Waals surface area contributed by atoms with Gasteiger partial charge in [-0.15, -0.1) is 0 Å². The summed E-state index contributed by atoms with van der Waals surface area (Å²) in [7, 11) is -3.94. The number of anilines is 1. The molecule has 1 amide bonds. The van der Waals surface area contributed by atoms with Gasteiger partial charge >= 0.3 is 6.61 Å². The zero-order valence-corrected chi connectivity index (χ0v) is 19.3. The number of alkyl halides is 3. The Bertz CT molecular complexity index is 1310. The van der Waals surface area contributed by atoms with E-state index in [0.717, 1.165) is 18.3 Å². The van der Waals surface area contributed by atoms with E-state index >= 15 is 0 Å². The largest absolute Gasteiger partial charge is 0.433 e. The quantitative estimate of drug-likeness (QED) is 0.571. The third-order valence-corrected chi connectivity index (χ3v) is 9.09. The summed E-state index contributed by atoms with van der Waals surface area (Å²) in [4.78, 5) is 20.7. The van der Waals surface area contributed by atoms with Crippen molar-refractivity contribution in [1.29, 1.82) is 0 Å². The highest BCUT2D eigenvalue weighted by Gasteiger charge is 2.59. The molecule has 188 valence electrons. The summed E-state index contributed by atoms with van der Waals surface area (Å²) in [6.07, 6.45) is 2.14. The standard InChI is InChI=1S/C22H22F4N4O4S/c1-12-7-14(34-20(25)26)9-28-17(12)18(31)29-13-3-4-16(24)15(8-13)21(10-23)11-35(32,33)22(5-2-6-22)19(27)30-21/h3-4,7-9,20H,2,5-6,10-11H2,1H3,(H2,27,30)(H,29,31)/t21-/m0/s1. The van der Waals surface area contributed by atoms with Crippen molar-refractivity contribution in [2.75, 3.05) is 17.7 Å². The molecule has 1 aromatic heterocycles. The lowest BCUT2D eigenvalue weighted by Gasteiger charge is -2.46. The highest BCUT2D eigenvalue weighted by Crippen LogP contribution is 2.47. The summed E-state index contributed by atoms with van der Waals surface area (Å²) in [5, 5.41) is 2.47. The Morgan fingerprint density at radius 2 is 2.00 bits per heavy atom. The molecular weight excluding hydrogens is 492 g/mol. The smallest absolute Gasteiger partial charge is 0.387 e. The Morgan fingerprint density at radius 1 is 1.29 bits per heavy atom. The molecule has 0 bridgehead atoms. The van der Waals surface area contributed by atoms with Crippen LogP contribution < -0.4 is 15.8 Å². The monoisotopic (exact) mass is 514 g/mol. The van der Waals surface area contributed by atoms with Crippen LogP contribution in [-0.4, -0.2) is 48.9 Å². The van der Waals surface area contributed by atoms with Gasteiger partial charge in [0.05, 0.1) is 11.9 Å². The van der Waals surface area contributed by atoms with E-state index < -0.39 is 50.9 Å². The molecule has 2 aliphatic rings. The molecule has 13 heteroatoms. The van der Waals surface area contributed by atoms with E-state index in [1.54, 1.807) is 0 Å². The van der Waals surface area contributed by atoms with Gasteiger partial charge in [0.25, 0.3) is 5.91 Å². The Kier molecular flexibility index (Phi) is 6.24. The lowest BCUT2D eigenvalue weighted by atomic mass is 9.82. The summed E-state index contributed by atoms with van der Waals surface area (Å²) < 4.78 is 83.0. The second kappa shape index (κ2) is 8.77. The number of aromatic nitrogens is 1. The molecule has 1 spiro atoms. The number of rotatable bonds is 6. The number of pyridine rings is 1. The Morgan fingerprint density at radius 3 is 2.54 bits per heavy atom. The topological polar surface area (TPSA) is 124 Å². The number of ether oxygens (including phenoxy) is 1. The summed E-state index contributed by atoms with van der Waals surface area (Å²) in [6, 6.07) is 4.45. The average Bonchev–Trinajstić information content (AvgIpc) is 2.72. The molecule has 4 rings (SSSR count). The molecule has 1 saturated carbocycles. The van der Waals surface area contributed by atoms with Gasteiger partial charge in [-0.2, -0.15) is 8.78 Å². The fourth-order valence-corrected chi connectivity index (χ4v) is 6.90. The van der Waals surface area contributed by atoms with E-state index in [4.69, 9.17) is 5.73 Å². The number of nitrogens with two attached hydrogens (primary N) is 1. The van der Waals surface area contributed by atoms with Crippen molar-refractivity contribution in [3.8, 4) is 5.75 Å². The predicted octanol–water partition coefficient (Wildman–Crippen LogP) is 3.26. The number of nitrogens with zero attached hydrogens (tertiary/aromatic N) is 2. The Labute approximate surface area is 198 Å². The van der Waals surface area contributed by atoms with Gasteiger partial charge in [0.15, 0.2) is 9.84 Å². The number of amidine groups is 1. The average molecular weight is 515 g/mol. The van der Waals surface area contributed by atoms with Crippen LogP contribution in [0.15, 0.2) is 35.5 Å². The first-order valence-corrected chi connectivity index (χ1v) is 12.3. The lowest BCUT2D eigenvalue weighted by Crippen LogP contribution is -2.62. The minimum absolute atomic E-state index is 0.0171. The number of sulfone groups is 1. The molecule has 0 saturated heterocycles. The maximum absolute atomic E-state index is 14.9. The molecule has 1 atom stereocenters. The van der Waals surface area contributed by atoms with Crippen molar-refractivity contribution >= 4 is 27.3 Å². The fraction of sp³-hybridized carbons (Fsp3) is 0.409. The van der Waals surface area contributed by atoms with Crippen LogP contribution in [0, 0.1) is 12.7 Å². The second-order valence-electron chi connectivity index (χ2n) is 8.63. The van der Waals surface area contributed by atoms with Crippen LogP contribution in [-0.2, 0) is 15.4 Å². The normalized spacial score (nSPS) is 22.4. The van der Waals surface area contributed by atoms with Crippen molar-refractivity contribution in [1.82, 2.24) is 4.98 Å². The molecule has 35 heavy (non-hydrogen) atoms. The summed E-state index contributed by atoms with van der Waals surface area (Å²) >= 11 is 0. The molecule has 1 aromatic carbocycles. The van der Waals surface area contributed by atoms with Crippen LogP contribution in [0.2, 0.25) is 0 Å². The number of halogens is 4. The number of nitrogens with one attached hydrogen (secondary N) is 1. The van der Waals surface area contributed by atoms with Crippen LogP contribution in [0.5, 0.6) is 5.75 Å². The number of aryl methyl sites for hydroxylation is 1. The molecule has 0 unspecified atom stereocenters. The highest BCUT2D eigenvalue weighted by atomic mass is 32.2. The fourth-order valence-electron chi connectivity index (χ4n) is 4.42. The minimum atomic E-state index is -3.94. The number of hydrogen-bond donors (Lipinski definition) is 2. The summed E-state index contributed by atoms with van der Waals surface area (Å²) in [6.45, 7) is -2.94. The SMILES string of the molecule is Cc1cc(OC(F)F)cnc1C(=O)Nc1ccc(F)c([C@]2(CF)CS(=O)(=O)C3(CCC3)C(N)=N2)c1. The van der Waals surface area contributed by atoms with E-state index in [1.807, 2.05) is 0 Å². The van der Waals surface area contributed by atoms with Crippen LogP contribution in [0.1, 0.15) is 40.9 Å². The van der Waals surface area contributed by atoms with E-state index in [2.05, 4.69) is 20.0 Å². The molecule has 1 fully saturated rings. The van der Waals surface area contributed by atoms with E-state index in [1.165, 1.54) is 19.1 Å². The highest BCUT2D eigenvalue weighted by molar-refractivity contribution is 7.93. The van der Waals surface area contributed by atoms with Crippen LogP contribution in [0.25, 0.3) is 0 Å². The number of aliphatic imine (C=N–C) groups is 1. The van der Waals surface area contributed by atoms with Gasteiger partial charge in [-0.05, 0) is 56.0 Å². The van der Waals surface area contributed by atoms with Gasteiger partial charge in [0, 0.05) is 11.3 Å². The number of carbonyl (C=O) groups excluding carboxylic acids is 1. The van der Waals surface area contributed by atoms with Crippen molar-refractivity contribution < 1.29 is 35.5 Å². The van der Waals surface area contributed by atoms with Crippen LogP contribution in [0.3, 0.4) is 0 Å². The summed E-state index contributed by atoms with van der Waals surface area (Å²) in [5.74, 6) is -2.92. The first-order valence-electron chi connectivity index (χ1n) is 10.6. The van der Waals surface area contributed by atoms with Gasteiger partial charge < -0.3 is 15.8 Å². The Balaban J connectivity index is 1.66. The van der Waals surface area contributed by atoms with Gasteiger partial charge in [0.2, 0.25) is 0 Å². The molecule has 1 aliphatic heterocycles. The van der Waals surface area contributed by atoms with Crippen molar-refractivity contribution in [3.05, 3.63) is 53.1 Å². The van der Waals surface area contributed by atoms with E-state index in [9.17, 15) is 30.8 Å². The predicted molar refractivity (Wildman–Crippen MR) is 120 cm³/mol. The third kappa shape index (κ3) is 4.21. The van der Waals surface area contributed by atoms with Gasteiger partial charge in [-0.3, -0.25) is 9.79 Å². The minimum Gasteiger partial charge on any atom is -0.433 e. The van der Waals surface area contributed by atoms with Gasteiger partial charge in [0.1, 0.15) is 40.1 Å². The first kappa shape index (κ1) is 24.9. The van der Waals surface area contributed by atoms with Crippen molar-refractivity contribution in [2.45, 2.75) is 43.1 Å². The molecule has 1 aliphatic carbocycles. The van der Waals surface area contributed by atoms with E-state index in [-0.39, 0.29) is 46.9 Å². The third-order valence-electron chi connectivity index (χ3n) is 6.43. The maximum Gasteiger partial charge on any atom is 0.387 e. The number of hydrogen-bond acceptors (Lipinski definition) is 7. The van der Waals surface area contributed by atoms with Crippen molar-refractivity contribution in [3.63, 3.8) is 0 Å². The zero-order chi connectivity index (χ0) is 25.6. The van der Waals surface area contributed by atoms with Crippen LogP contribution >= 0.6 is 0 Å². The lowest BCUT2D eigenvalue weighted by molar-refractivity contribution is -0.0501. The number of amides is 1. The number of benzene rings is 1. The van der Waals surface area contributed by atoms with E-state index in [0.29, 0.717) is 6.42 Å². The second-order valence-corrected chi connectivity index (χ2v) is 10.9. The van der Waals surface area contributed by atoms with Gasteiger partial charge in [-0.1, -0.05) is 0 Å². The molecular formula is C22H22F4N4O4S. The van der Waals surface area contributed by atoms with Crippen LogP contribution in [0.4, 0.5) is 23.2 Å². The Hall–Kier alpha value is -3.22. The van der Waals surface area contributed by atoms with Gasteiger partial charge in [-0.25, -0.2) is 22.2 Å². The maximum atomic E-state index is 14.9. The molecule has 3 N–H and O–H groups in total. The first-order chi connectivity index (χ1) is 16.4.